The van der Waals surface area contributed by atoms with E-state index in [1.165, 1.54) is 11.8 Å². The van der Waals surface area contributed by atoms with E-state index >= 15 is 0 Å². The number of benzene rings is 1. The van der Waals surface area contributed by atoms with Crippen LogP contribution in [0, 0.1) is 11.3 Å². The second-order valence-electron chi connectivity index (χ2n) is 3.71. The normalized spacial score (nSPS) is 17.6. The molecule has 2 rings (SSSR count). The van der Waals surface area contributed by atoms with Gasteiger partial charge in [0.25, 0.3) is 5.91 Å². The van der Waals surface area contributed by atoms with Crippen molar-refractivity contribution in [1.82, 2.24) is 10.7 Å². The SMILES string of the molecule is CCC1NN=C(NC(=O)c2cccc(C#N)c2)S1. The highest BCUT2D eigenvalue weighted by Gasteiger charge is 2.19. The molecule has 1 atom stereocenters. The minimum absolute atomic E-state index is 0.214. The summed E-state index contributed by atoms with van der Waals surface area (Å²) in [6.07, 6.45) is 0.928. The second-order valence-corrected chi connectivity index (χ2v) is 4.90. The average molecular weight is 260 g/mol. The predicted molar refractivity (Wildman–Crippen MR) is 70.9 cm³/mol. The molecule has 2 N–H and O–H groups in total. The van der Waals surface area contributed by atoms with Crippen molar-refractivity contribution in [3.05, 3.63) is 35.4 Å². The molecule has 1 amide bonds. The molecular weight excluding hydrogens is 248 g/mol. The van der Waals surface area contributed by atoms with E-state index in [2.05, 4.69) is 15.8 Å². The van der Waals surface area contributed by atoms with Gasteiger partial charge in [-0.3, -0.25) is 15.5 Å². The Morgan fingerprint density at radius 1 is 1.67 bits per heavy atom. The third-order valence-corrected chi connectivity index (χ3v) is 3.55. The van der Waals surface area contributed by atoms with Gasteiger partial charge >= 0.3 is 0 Å². The lowest BCUT2D eigenvalue weighted by Gasteiger charge is -2.05. The summed E-state index contributed by atoms with van der Waals surface area (Å²) in [5, 5.41) is 16.3. The van der Waals surface area contributed by atoms with E-state index in [-0.39, 0.29) is 11.3 Å². The molecule has 0 aliphatic carbocycles. The molecule has 0 saturated heterocycles. The number of hydrogen-bond acceptors (Lipinski definition) is 5. The van der Waals surface area contributed by atoms with E-state index < -0.39 is 0 Å². The Morgan fingerprint density at radius 2 is 2.50 bits per heavy atom. The Morgan fingerprint density at radius 3 is 3.17 bits per heavy atom. The summed E-state index contributed by atoms with van der Waals surface area (Å²) >= 11 is 1.49. The Kier molecular flexibility index (Phi) is 3.85. The van der Waals surface area contributed by atoms with Gasteiger partial charge in [0.1, 0.15) is 0 Å². The highest BCUT2D eigenvalue weighted by atomic mass is 32.2. The zero-order chi connectivity index (χ0) is 13.0. The van der Waals surface area contributed by atoms with Crippen molar-refractivity contribution in [2.75, 3.05) is 0 Å². The van der Waals surface area contributed by atoms with Gasteiger partial charge in [0.2, 0.25) is 0 Å². The van der Waals surface area contributed by atoms with E-state index in [9.17, 15) is 4.79 Å². The molecule has 92 valence electrons. The summed E-state index contributed by atoms with van der Waals surface area (Å²) < 4.78 is 0. The number of nitrogens with one attached hydrogen (secondary N) is 2. The number of rotatable bonds is 2. The molecule has 0 spiro atoms. The van der Waals surface area contributed by atoms with Crippen molar-refractivity contribution in [3.8, 4) is 6.07 Å². The van der Waals surface area contributed by atoms with Crippen LogP contribution in [0.4, 0.5) is 0 Å². The van der Waals surface area contributed by atoms with Crippen molar-refractivity contribution >= 4 is 22.8 Å². The molecule has 1 aliphatic rings. The fraction of sp³-hybridized carbons (Fsp3) is 0.250. The lowest BCUT2D eigenvalue weighted by atomic mass is 10.1. The van der Waals surface area contributed by atoms with Gasteiger partial charge in [-0.2, -0.15) is 10.4 Å². The van der Waals surface area contributed by atoms with Gasteiger partial charge in [0, 0.05) is 5.56 Å². The first-order valence-corrected chi connectivity index (χ1v) is 6.42. The quantitative estimate of drug-likeness (QED) is 0.847. The Labute approximate surface area is 109 Å². The molecule has 0 radical (unpaired) electrons. The molecule has 1 aromatic carbocycles. The fourth-order valence-corrected chi connectivity index (χ4v) is 2.25. The van der Waals surface area contributed by atoms with Crippen LogP contribution in [0.15, 0.2) is 29.4 Å². The Bertz CT molecular complexity index is 535. The molecular formula is C12H12N4OS. The standard InChI is InChI=1S/C12H12N4OS/c1-2-10-15-16-12(18-10)14-11(17)9-5-3-4-8(6-9)7-13/h3-6,10,15H,2H2,1H3,(H,14,16,17). The molecule has 18 heavy (non-hydrogen) atoms. The van der Waals surface area contributed by atoms with Gasteiger partial charge in [0.15, 0.2) is 5.17 Å². The molecule has 0 fully saturated rings. The van der Waals surface area contributed by atoms with Crippen LogP contribution in [0.5, 0.6) is 0 Å². The number of hydrogen-bond donors (Lipinski definition) is 2. The molecule has 1 unspecified atom stereocenters. The lowest BCUT2D eigenvalue weighted by molar-refractivity contribution is 0.0978. The molecule has 1 heterocycles. The number of nitriles is 1. The summed E-state index contributed by atoms with van der Waals surface area (Å²) in [7, 11) is 0. The summed E-state index contributed by atoms with van der Waals surface area (Å²) in [6, 6.07) is 8.57. The fourth-order valence-electron chi connectivity index (χ4n) is 1.45. The van der Waals surface area contributed by atoms with Gasteiger partial charge in [-0.15, -0.1) is 0 Å². The number of amides is 1. The molecule has 0 saturated carbocycles. The third-order valence-electron chi connectivity index (χ3n) is 2.41. The number of amidine groups is 1. The second kappa shape index (κ2) is 5.56. The number of thioether (sulfide) groups is 1. The largest absolute Gasteiger partial charge is 0.300 e. The first kappa shape index (κ1) is 12.5. The summed E-state index contributed by atoms with van der Waals surface area (Å²) in [5.41, 5.74) is 3.84. The van der Waals surface area contributed by atoms with Crippen molar-refractivity contribution < 1.29 is 4.79 Å². The van der Waals surface area contributed by atoms with Gasteiger partial charge in [0.05, 0.1) is 17.0 Å². The first-order valence-electron chi connectivity index (χ1n) is 5.54. The molecule has 1 aromatic rings. The Hall–Kier alpha value is -2.00. The third kappa shape index (κ3) is 2.81. The van der Waals surface area contributed by atoms with E-state index in [0.29, 0.717) is 16.3 Å². The van der Waals surface area contributed by atoms with Crippen LogP contribution in [0.25, 0.3) is 0 Å². The topological polar surface area (TPSA) is 77.3 Å². The summed E-state index contributed by atoms with van der Waals surface area (Å²) in [4.78, 5) is 11.9. The van der Waals surface area contributed by atoms with Crippen LogP contribution in [0.1, 0.15) is 29.3 Å². The number of carbonyl (C=O) groups excluding carboxylic acids is 1. The Balaban J connectivity index is 2.02. The zero-order valence-corrected chi connectivity index (χ0v) is 10.6. The van der Waals surface area contributed by atoms with Crippen molar-refractivity contribution in [1.29, 1.82) is 5.26 Å². The number of nitrogens with zero attached hydrogens (tertiary/aromatic N) is 2. The van der Waals surface area contributed by atoms with Gasteiger partial charge in [-0.1, -0.05) is 24.8 Å². The van der Waals surface area contributed by atoms with E-state index in [4.69, 9.17) is 5.26 Å². The smallest absolute Gasteiger partial charge is 0.257 e. The highest BCUT2D eigenvalue weighted by Crippen LogP contribution is 2.18. The minimum Gasteiger partial charge on any atom is -0.300 e. The lowest BCUT2D eigenvalue weighted by Crippen LogP contribution is -2.27. The van der Waals surface area contributed by atoms with Gasteiger partial charge in [-0.05, 0) is 24.6 Å². The zero-order valence-electron chi connectivity index (χ0n) is 9.80. The monoisotopic (exact) mass is 260 g/mol. The molecule has 1 aliphatic heterocycles. The molecule has 6 heteroatoms. The van der Waals surface area contributed by atoms with Crippen LogP contribution in [0.3, 0.4) is 0 Å². The van der Waals surface area contributed by atoms with E-state index in [0.717, 1.165) is 6.42 Å². The highest BCUT2D eigenvalue weighted by molar-refractivity contribution is 8.14. The molecule has 0 bridgehead atoms. The molecule has 5 nitrogen and oxygen atoms in total. The van der Waals surface area contributed by atoms with Gasteiger partial charge < -0.3 is 0 Å². The maximum Gasteiger partial charge on any atom is 0.257 e. The van der Waals surface area contributed by atoms with Crippen LogP contribution in [-0.4, -0.2) is 16.4 Å². The van der Waals surface area contributed by atoms with Crippen molar-refractivity contribution in [2.45, 2.75) is 18.7 Å². The van der Waals surface area contributed by atoms with Crippen LogP contribution in [-0.2, 0) is 0 Å². The van der Waals surface area contributed by atoms with E-state index in [1.807, 2.05) is 13.0 Å². The van der Waals surface area contributed by atoms with Gasteiger partial charge in [-0.25, -0.2) is 0 Å². The van der Waals surface area contributed by atoms with Crippen LogP contribution >= 0.6 is 11.8 Å². The maximum atomic E-state index is 11.9. The summed E-state index contributed by atoms with van der Waals surface area (Å²) in [5.74, 6) is -0.253. The summed E-state index contributed by atoms with van der Waals surface area (Å²) in [6.45, 7) is 2.04. The predicted octanol–water partition coefficient (Wildman–Crippen LogP) is 1.63. The number of carbonyl (C=O) groups is 1. The minimum atomic E-state index is -0.253. The number of hydrazone groups is 1. The van der Waals surface area contributed by atoms with Crippen LogP contribution < -0.4 is 10.7 Å². The van der Waals surface area contributed by atoms with Crippen LogP contribution in [0.2, 0.25) is 0 Å². The molecule has 0 aromatic heterocycles. The first-order chi connectivity index (χ1) is 8.72. The van der Waals surface area contributed by atoms with E-state index in [1.54, 1.807) is 24.3 Å². The van der Waals surface area contributed by atoms with Crippen molar-refractivity contribution in [3.63, 3.8) is 0 Å². The van der Waals surface area contributed by atoms with Crippen molar-refractivity contribution in [2.24, 2.45) is 5.10 Å². The average Bonchev–Trinajstić information content (AvgIpc) is 2.86. The maximum absolute atomic E-state index is 11.9.